The second-order valence-electron chi connectivity index (χ2n) is 6.21. The van der Waals surface area contributed by atoms with Gasteiger partial charge in [0.05, 0.1) is 12.8 Å². The highest BCUT2D eigenvalue weighted by Crippen LogP contribution is 2.33. The molecule has 1 saturated heterocycles. The molecule has 1 N–H and O–H groups in total. The first-order valence-corrected chi connectivity index (χ1v) is 8.97. The molecular weight excluding hydrogens is 314 g/mol. The predicted octanol–water partition coefficient (Wildman–Crippen LogP) is 3.29. The molecule has 1 aliphatic heterocycles. The zero-order chi connectivity index (χ0) is 17.5. The van der Waals surface area contributed by atoms with Crippen molar-refractivity contribution in [3.8, 4) is 5.75 Å². The predicted molar refractivity (Wildman–Crippen MR) is 99.6 cm³/mol. The van der Waals surface area contributed by atoms with Crippen LogP contribution in [0.4, 0.5) is 0 Å². The molecule has 0 saturated carbocycles. The maximum absolute atomic E-state index is 5.97. The number of hydrogen-bond donors (Lipinski definition) is 1. The van der Waals surface area contributed by atoms with Gasteiger partial charge in [-0.25, -0.2) is 0 Å². The minimum Gasteiger partial charge on any atom is -0.496 e. The average molecular weight is 341 g/mol. The van der Waals surface area contributed by atoms with Crippen LogP contribution in [-0.4, -0.2) is 36.6 Å². The van der Waals surface area contributed by atoms with Crippen LogP contribution in [0.15, 0.2) is 42.6 Å². The molecule has 2 aromatic rings. The molecule has 2 heterocycles. The Hall–Kier alpha value is -2.11. The van der Waals surface area contributed by atoms with E-state index in [1.54, 1.807) is 7.11 Å². The Labute approximate surface area is 149 Å². The van der Waals surface area contributed by atoms with Crippen LogP contribution >= 0.6 is 0 Å². The van der Waals surface area contributed by atoms with E-state index >= 15 is 0 Å². The van der Waals surface area contributed by atoms with Gasteiger partial charge in [-0.15, -0.1) is 0 Å². The summed E-state index contributed by atoms with van der Waals surface area (Å²) in [6.45, 7) is 5.58. The summed E-state index contributed by atoms with van der Waals surface area (Å²) in [5.41, 5.74) is 2.29. The van der Waals surface area contributed by atoms with Crippen molar-refractivity contribution < 1.29 is 9.47 Å². The molecule has 25 heavy (non-hydrogen) atoms. The van der Waals surface area contributed by atoms with Gasteiger partial charge in [-0.2, -0.15) is 5.10 Å². The van der Waals surface area contributed by atoms with Crippen molar-refractivity contribution in [3.63, 3.8) is 0 Å². The summed E-state index contributed by atoms with van der Waals surface area (Å²) >= 11 is 0. The summed E-state index contributed by atoms with van der Waals surface area (Å²) in [7, 11) is 1.70. The molecule has 0 radical (unpaired) electrons. The van der Waals surface area contributed by atoms with Crippen LogP contribution < -0.4 is 10.1 Å². The third-order valence-corrected chi connectivity index (χ3v) is 4.66. The molecule has 1 aromatic heterocycles. The van der Waals surface area contributed by atoms with Crippen molar-refractivity contribution in [1.82, 2.24) is 15.1 Å². The number of para-hydroxylation sites is 1. The van der Waals surface area contributed by atoms with Crippen molar-refractivity contribution in [2.24, 2.45) is 5.92 Å². The quantitative estimate of drug-likeness (QED) is 0.749. The van der Waals surface area contributed by atoms with E-state index in [2.05, 4.69) is 41.6 Å². The van der Waals surface area contributed by atoms with Gasteiger partial charge >= 0.3 is 0 Å². The zero-order valence-corrected chi connectivity index (χ0v) is 15.0. The number of benzene rings is 1. The zero-order valence-electron chi connectivity index (χ0n) is 15.0. The van der Waals surface area contributed by atoms with E-state index < -0.39 is 0 Å². The normalized spacial score (nSPS) is 20.4. The van der Waals surface area contributed by atoms with Crippen LogP contribution in [0.25, 0.3) is 6.08 Å². The molecule has 0 bridgehead atoms. The molecule has 5 nitrogen and oxygen atoms in total. The van der Waals surface area contributed by atoms with E-state index in [0.717, 1.165) is 44.0 Å². The SMILES string of the molecule is CCn1nccc1[C@@H]1OCC[C@H]1CNC/C=C/c1ccccc1OC. The molecule has 0 amide bonds. The van der Waals surface area contributed by atoms with Gasteiger partial charge in [-0.1, -0.05) is 30.4 Å². The van der Waals surface area contributed by atoms with E-state index in [4.69, 9.17) is 9.47 Å². The maximum atomic E-state index is 5.97. The largest absolute Gasteiger partial charge is 0.496 e. The lowest BCUT2D eigenvalue weighted by Gasteiger charge is -2.19. The molecule has 1 fully saturated rings. The lowest BCUT2D eigenvalue weighted by Crippen LogP contribution is -2.26. The van der Waals surface area contributed by atoms with Gasteiger partial charge in [0.2, 0.25) is 0 Å². The fourth-order valence-corrected chi connectivity index (χ4v) is 3.36. The van der Waals surface area contributed by atoms with E-state index in [1.807, 2.05) is 29.1 Å². The first-order valence-electron chi connectivity index (χ1n) is 8.97. The van der Waals surface area contributed by atoms with Crippen molar-refractivity contribution in [2.75, 3.05) is 26.8 Å². The summed E-state index contributed by atoms with van der Waals surface area (Å²) in [4.78, 5) is 0. The topological polar surface area (TPSA) is 48.3 Å². The van der Waals surface area contributed by atoms with Crippen LogP contribution in [-0.2, 0) is 11.3 Å². The molecular formula is C20H27N3O2. The van der Waals surface area contributed by atoms with Crippen LogP contribution in [0, 0.1) is 5.92 Å². The minimum absolute atomic E-state index is 0.146. The van der Waals surface area contributed by atoms with E-state index in [1.165, 1.54) is 5.69 Å². The molecule has 2 atom stereocenters. The Morgan fingerprint density at radius 3 is 3.08 bits per heavy atom. The van der Waals surface area contributed by atoms with Gasteiger partial charge in [0.15, 0.2) is 0 Å². The monoisotopic (exact) mass is 341 g/mol. The Morgan fingerprint density at radius 1 is 1.36 bits per heavy atom. The Kier molecular flexibility index (Phi) is 6.25. The molecule has 5 heteroatoms. The highest BCUT2D eigenvalue weighted by atomic mass is 16.5. The highest BCUT2D eigenvalue weighted by Gasteiger charge is 2.31. The molecule has 0 unspecified atom stereocenters. The average Bonchev–Trinajstić information content (AvgIpc) is 3.30. The molecule has 0 aliphatic carbocycles. The van der Waals surface area contributed by atoms with Gasteiger partial charge in [0.1, 0.15) is 11.9 Å². The van der Waals surface area contributed by atoms with Crippen LogP contribution in [0.3, 0.4) is 0 Å². The first kappa shape index (κ1) is 17.7. The molecule has 134 valence electrons. The highest BCUT2D eigenvalue weighted by molar-refractivity contribution is 5.57. The van der Waals surface area contributed by atoms with Crippen molar-refractivity contribution in [3.05, 3.63) is 53.9 Å². The van der Waals surface area contributed by atoms with Gasteiger partial charge in [-0.3, -0.25) is 4.68 Å². The lowest BCUT2D eigenvalue weighted by molar-refractivity contribution is 0.0833. The molecule has 0 spiro atoms. The lowest BCUT2D eigenvalue weighted by atomic mass is 9.99. The molecule has 1 aliphatic rings. The fourth-order valence-electron chi connectivity index (χ4n) is 3.36. The number of hydrogen-bond acceptors (Lipinski definition) is 4. The van der Waals surface area contributed by atoms with E-state index in [9.17, 15) is 0 Å². The van der Waals surface area contributed by atoms with Crippen molar-refractivity contribution in [1.29, 1.82) is 0 Å². The van der Waals surface area contributed by atoms with Crippen molar-refractivity contribution in [2.45, 2.75) is 26.0 Å². The number of aryl methyl sites for hydroxylation is 1. The summed E-state index contributed by atoms with van der Waals surface area (Å²) in [6.07, 6.45) is 7.33. The van der Waals surface area contributed by atoms with Crippen LogP contribution in [0.2, 0.25) is 0 Å². The summed E-state index contributed by atoms with van der Waals surface area (Å²) < 4.78 is 13.4. The standard InChI is InChI=1S/C20H27N3O2/c1-3-23-18(10-13-22-23)20-17(11-14-25-20)15-21-12-6-8-16-7-4-5-9-19(16)24-2/h4-10,13,17,20-21H,3,11-12,14-15H2,1-2H3/b8-6+/t17-,20+/m0/s1. The second-order valence-corrected chi connectivity index (χ2v) is 6.21. The third kappa shape index (κ3) is 4.30. The number of nitrogens with one attached hydrogen (secondary N) is 1. The van der Waals surface area contributed by atoms with Crippen molar-refractivity contribution >= 4 is 6.08 Å². The number of nitrogens with zero attached hydrogens (tertiary/aromatic N) is 2. The van der Waals surface area contributed by atoms with Gasteiger partial charge in [0, 0.05) is 43.9 Å². The second kappa shape index (κ2) is 8.83. The number of aromatic nitrogens is 2. The Balaban J connectivity index is 1.51. The van der Waals surface area contributed by atoms with Gasteiger partial charge < -0.3 is 14.8 Å². The Bertz CT molecular complexity index is 696. The number of ether oxygens (including phenoxy) is 2. The summed E-state index contributed by atoms with van der Waals surface area (Å²) in [5.74, 6) is 1.39. The summed E-state index contributed by atoms with van der Waals surface area (Å²) in [5, 5.41) is 7.89. The van der Waals surface area contributed by atoms with E-state index in [0.29, 0.717) is 5.92 Å². The Morgan fingerprint density at radius 2 is 2.24 bits per heavy atom. The van der Waals surface area contributed by atoms with Gasteiger partial charge in [-0.05, 0) is 25.5 Å². The van der Waals surface area contributed by atoms with Crippen LogP contribution in [0.5, 0.6) is 5.75 Å². The van der Waals surface area contributed by atoms with E-state index in [-0.39, 0.29) is 6.10 Å². The first-order chi connectivity index (χ1) is 12.3. The molecule has 3 rings (SSSR count). The summed E-state index contributed by atoms with van der Waals surface area (Å²) in [6, 6.07) is 10.1. The smallest absolute Gasteiger partial charge is 0.126 e. The minimum atomic E-state index is 0.146. The number of methoxy groups -OCH3 is 1. The third-order valence-electron chi connectivity index (χ3n) is 4.66. The fraction of sp³-hybridized carbons (Fsp3) is 0.450. The van der Waals surface area contributed by atoms with Gasteiger partial charge in [0.25, 0.3) is 0 Å². The number of rotatable bonds is 8. The maximum Gasteiger partial charge on any atom is 0.126 e. The molecule has 1 aromatic carbocycles. The van der Waals surface area contributed by atoms with Crippen LogP contribution in [0.1, 0.15) is 30.7 Å².